The molecule has 0 radical (unpaired) electrons. The SMILES string of the molecule is OCc1ccc2c(C3CC3)cc(-c3cnsc3)nc2c1. The summed E-state index contributed by atoms with van der Waals surface area (Å²) in [4.78, 5) is 4.75. The molecule has 1 fully saturated rings. The Balaban J connectivity index is 1.97. The number of aliphatic hydroxyl groups is 1. The first-order valence-electron chi connectivity index (χ1n) is 6.79. The first-order chi connectivity index (χ1) is 9.85. The third kappa shape index (κ3) is 2.01. The minimum Gasteiger partial charge on any atom is -0.392 e. The largest absolute Gasteiger partial charge is 0.392 e. The van der Waals surface area contributed by atoms with Crippen LogP contribution in [0.1, 0.15) is 29.9 Å². The Kier molecular flexibility index (Phi) is 2.79. The van der Waals surface area contributed by atoms with Crippen molar-refractivity contribution < 1.29 is 5.11 Å². The summed E-state index contributed by atoms with van der Waals surface area (Å²) < 4.78 is 4.16. The third-order valence-electron chi connectivity index (χ3n) is 3.83. The van der Waals surface area contributed by atoms with E-state index in [1.807, 2.05) is 23.7 Å². The number of rotatable bonds is 3. The normalized spacial score (nSPS) is 14.8. The van der Waals surface area contributed by atoms with Crippen LogP contribution in [0.5, 0.6) is 0 Å². The number of pyridine rings is 1. The van der Waals surface area contributed by atoms with Crippen molar-refractivity contribution in [3.63, 3.8) is 0 Å². The van der Waals surface area contributed by atoms with E-state index in [9.17, 15) is 5.11 Å². The van der Waals surface area contributed by atoms with Gasteiger partial charge in [0.25, 0.3) is 0 Å². The highest BCUT2D eigenvalue weighted by molar-refractivity contribution is 7.03. The fourth-order valence-corrected chi connectivity index (χ4v) is 3.14. The molecule has 2 heterocycles. The predicted octanol–water partition coefficient (Wildman–Crippen LogP) is 3.73. The molecule has 100 valence electrons. The van der Waals surface area contributed by atoms with E-state index in [-0.39, 0.29) is 6.61 Å². The topological polar surface area (TPSA) is 46.0 Å². The van der Waals surface area contributed by atoms with Crippen molar-refractivity contribution in [2.75, 3.05) is 0 Å². The summed E-state index contributed by atoms with van der Waals surface area (Å²) >= 11 is 1.45. The smallest absolute Gasteiger partial charge is 0.0737 e. The molecule has 1 aromatic carbocycles. The van der Waals surface area contributed by atoms with Gasteiger partial charge in [-0.3, -0.25) is 0 Å². The van der Waals surface area contributed by atoms with Crippen LogP contribution in [-0.4, -0.2) is 14.5 Å². The second-order valence-corrected chi connectivity index (χ2v) is 5.95. The lowest BCUT2D eigenvalue weighted by Crippen LogP contribution is -1.92. The molecule has 2 aromatic heterocycles. The summed E-state index contributed by atoms with van der Waals surface area (Å²) in [6.45, 7) is 0.0562. The van der Waals surface area contributed by atoms with Crippen LogP contribution in [0.15, 0.2) is 35.8 Å². The fraction of sp³-hybridized carbons (Fsp3) is 0.250. The Morgan fingerprint density at radius 3 is 2.85 bits per heavy atom. The molecular formula is C16H14N2OS. The number of benzene rings is 1. The maximum Gasteiger partial charge on any atom is 0.0737 e. The van der Waals surface area contributed by atoms with Crippen molar-refractivity contribution in [1.82, 2.24) is 9.36 Å². The standard InChI is InChI=1S/C16H14N2OS/c19-8-10-1-4-13-14(11-2-3-11)6-15(18-16(13)5-10)12-7-17-20-9-12/h1,4-7,9,11,19H,2-3,8H2. The predicted molar refractivity (Wildman–Crippen MR) is 80.7 cm³/mol. The van der Waals surface area contributed by atoms with Crippen molar-refractivity contribution in [2.24, 2.45) is 0 Å². The summed E-state index contributed by atoms with van der Waals surface area (Å²) in [6, 6.07) is 8.28. The van der Waals surface area contributed by atoms with Crippen LogP contribution in [0.2, 0.25) is 0 Å². The van der Waals surface area contributed by atoms with Crippen molar-refractivity contribution >= 4 is 22.4 Å². The van der Waals surface area contributed by atoms with Gasteiger partial charge >= 0.3 is 0 Å². The van der Waals surface area contributed by atoms with Gasteiger partial charge in [-0.25, -0.2) is 9.36 Å². The molecule has 3 nitrogen and oxygen atoms in total. The maximum atomic E-state index is 9.31. The lowest BCUT2D eigenvalue weighted by atomic mass is 10.0. The number of nitrogens with zero attached hydrogens (tertiary/aromatic N) is 2. The number of fused-ring (bicyclic) bond motifs is 1. The molecule has 0 atom stereocenters. The third-order valence-corrected chi connectivity index (χ3v) is 4.42. The van der Waals surface area contributed by atoms with Crippen LogP contribution in [0.3, 0.4) is 0 Å². The minimum absolute atomic E-state index is 0.0562. The second kappa shape index (κ2) is 4.65. The molecule has 1 saturated carbocycles. The Bertz CT molecular complexity index is 763. The maximum absolute atomic E-state index is 9.31. The summed E-state index contributed by atoms with van der Waals surface area (Å²) in [5.74, 6) is 0.672. The molecule has 1 aliphatic carbocycles. The highest BCUT2D eigenvalue weighted by Gasteiger charge is 2.26. The summed E-state index contributed by atoms with van der Waals surface area (Å²) in [6.07, 6.45) is 4.40. The molecule has 20 heavy (non-hydrogen) atoms. The van der Waals surface area contributed by atoms with Crippen molar-refractivity contribution in [2.45, 2.75) is 25.4 Å². The number of hydrogen-bond acceptors (Lipinski definition) is 4. The number of hydrogen-bond donors (Lipinski definition) is 1. The van der Waals surface area contributed by atoms with Gasteiger partial charge in [0.05, 0.1) is 24.0 Å². The molecular weight excluding hydrogens is 268 g/mol. The highest BCUT2D eigenvalue weighted by atomic mass is 32.1. The zero-order chi connectivity index (χ0) is 13.5. The van der Waals surface area contributed by atoms with Gasteiger partial charge in [0.15, 0.2) is 0 Å². The van der Waals surface area contributed by atoms with E-state index in [4.69, 9.17) is 4.98 Å². The Morgan fingerprint density at radius 1 is 1.25 bits per heavy atom. The average molecular weight is 282 g/mol. The van der Waals surface area contributed by atoms with Gasteiger partial charge in [0, 0.05) is 16.3 Å². The van der Waals surface area contributed by atoms with Gasteiger partial charge in [0.2, 0.25) is 0 Å². The van der Waals surface area contributed by atoms with E-state index in [1.165, 1.54) is 35.3 Å². The average Bonchev–Trinajstić information content (AvgIpc) is 3.19. The molecule has 0 amide bonds. The second-order valence-electron chi connectivity index (χ2n) is 5.29. The van der Waals surface area contributed by atoms with Gasteiger partial charge in [-0.05, 0) is 53.6 Å². The van der Waals surface area contributed by atoms with Crippen LogP contribution in [-0.2, 0) is 6.61 Å². The molecule has 3 aromatic rings. The van der Waals surface area contributed by atoms with Crippen LogP contribution >= 0.6 is 11.5 Å². The quantitative estimate of drug-likeness (QED) is 0.796. The first-order valence-corrected chi connectivity index (χ1v) is 7.63. The number of aliphatic hydroxyl groups excluding tert-OH is 1. The zero-order valence-corrected chi connectivity index (χ0v) is 11.7. The first kappa shape index (κ1) is 12.0. The van der Waals surface area contributed by atoms with Crippen molar-refractivity contribution in [1.29, 1.82) is 0 Å². The molecule has 4 heteroatoms. The Hall–Kier alpha value is -1.78. The van der Waals surface area contributed by atoms with Crippen molar-refractivity contribution in [3.8, 4) is 11.3 Å². The lowest BCUT2D eigenvalue weighted by molar-refractivity contribution is 0.282. The monoisotopic (exact) mass is 282 g/mol. The minimum atomic E-state index is 0.0562. The van der Waals surface area contributed by atoms with E-state index in [2.05, 4.69) is 16.5 Å². The van der Waals surface area contributed by atoms with Crippen LogP contribution < -0.4 is 0 Å². The van der Waals surface area contributed by atoms with E-state index in [0.29, 0.717) is 5.92 Å². The fourth-order valence-electron chi connectivity index (χ4n) is 2.61. The summed E-state index contributed by atoms with van der Waals surface area (Å²) in [7, 11) is 0. The van der Waals surface area contributed by atoms with Crippen LogP contribution in [0.4, 0.5) is 0 Å². The van der Waals surface area contributed by atoms with E-state index >= 15 is 0 Å². The van der Waals surface area contributed by atoms with Gasteiger partial charge < -0.3 is 5.11 Å². The molecule has 0 saturated heterocycles. The van der Waals surface area contributed by atoms with Crippen LogP contribution in [0, 0.1) is 0 Å². The van der Waals surface area contributed by atoms with Gasteiger partial charge in [-0.15, -0.1) is 0 Å². The Labute approximate surface area is 121 Å². The van der Waals surface area contributed by atoms with Crippen LogP contribution in [0.25, 0.3) is 22.2 Å². The molecule has 1 aliphatic rings. The summed E-state index contributed by atoms with van der Waals surface area (Å²) in [5.41, 5.74) is 5.34. The molecule has 0 aliphatic heterocycles. The summed E-state index contributed by atoms with van der Waals surface area (Å²) in [5, 5.41) is 12.6. The lowest BCUT2D eigenvalue weighted by Gasteiger charge is -2.09. The zero-order valence-electron chi connectivity index (χ0n) is 10.9. The molecule has 0 unspecified atom stereocenters. The highest BCUT2D eigenvalue weighted by Crippen LogP contribution is 2.44. The molecule has 0 bridgehead atoms. The van der Waals surface area contributed by atoms with Gasteiger partial charge in [-0.1, -0.05) is 12.1 Å². The van der Waals surface area contributed by atoms with E-state index < -0.39 is 0 Å². The van der Waals surface area contributed by atoms with E-state index in [1.54, 1.807) is 0 Å². The molecule has 0 spiro atoms. The van der Waals surface area contributed by atoms with Gasteiger partial charge in [-0.2, -0.15) is 0 Å². The Morgan fingerprint density at radius 2 is 2.15 bits per heavy atom. The van der Waals surface area contributed by atoms with Gasteiger partial charge in [0.1, 0.15) is 0 Å². The number of aromatic nitrogens is 2. The van der Waals surface area contributed by atoms with E-state index in [0.717, 1.165) is 22.3 Å². The molecule has 4 rings (SSSR count). The van der Waals surface area contributed by atoms with Crippen molar-refractivity contribution in [3.05, 3.63) is 47.0 Å². The molecule has 1 N–H and O–H groups in total.